The Labute approximate surface area is 123 Å². The fourth-order valence-electron chi connectivity index (χ4n) is 2.55. The van der Waals surface area contributed by atoms with Crippen molar-refractivity contribution in [1.29, 1.82) is 0 Å². The van der Waals surface area contributed by atoms with Crippen LogP contribution in [0.3, 0.4) is 0 Å². The smallest absolute Gasteiger partial charge is 0.254 e. The maximum absolute atomic E-state index is 12.6. The molecule has 6 heteroatoms. The molecule has 0 saturated carbocycles. The van der Waals surface area contributed by atoms with Crippen LogP contribution in [0.2, 0.25) is 0 Å². The first kappa shape index (κ1) is 13.3. The number of aromatic amines is 1. The Balaban J connectivity index is 2.12. The third kappa shape index (κ3) is 2.36. The van der Waals surface area contributed by atoms with E-state index in [2.05, 4.69) is 20.9 Å². The zero-order chi connectivity index (χ0) is 14.3. The summed E-state index contributed by atoms with van der Waals surface area (Å²) >= 11 is 3.39. The average molecular weight is 336 g/mol. The highest BCUT2D eigenvalue weighted by Crippen LogP contribution is 2.22. The molecule has 1 aliphatic rings. The van der Waals surface area contributed by atoms with E-state index in [1.807, 2.05) is 12.1 Å². The summed E-state index contributed by atoms with van der Waals surface area (Å²) in [6.07, 6.45) is 0.802. The van der Waals surface area contributed by atoms with Crippen molar-refractivity contribution in [3.05, 3.63) is 44.7 Å². The molecule has 1 fully saturated rings. The van der Waals surface area contributed by atoms with Crippen LogP contribution in [0.15, 0.2) is 33.5 Å². The Hall–Kier alpha value is -1.66. The van der Waals surface area contributed by atoms with Gasteiger partial charge in [-0.2, -0.15) is 0 Å². The number of fused-ring (bicyclic) bond motifs is 1. The van der Waals surface area contributed by atoms with Gasteiger partial charge < -0.3 is 15.6 Å². The number of nitrogens with two attached hydrogens (primary N) is 1. The number of H-pyrrole nitrogens is 1. The van der Waals surface area contributed by atoms with Crippen LogP contribution in [0.25, 0.3) is 10.9 Å². The van der Waals surface area contributed by atoms with Gasteiger partial charge in [-0.1, -0.05) is 15.9 Å². The minimum Gasteiger partial charge on any atom is -0.337 e. The molecular weight excluding hydrogens is 322 g/mol. The van der Waals surface area contributed by atoms with Gasteiger partial charge in [0, 0.05) is 40.6 Å². The third-order valence-electron chi connectivity index (χ3n) is 3.55. The third-order valence-corrected chi connectivity index (χ3v) is 4.04. The van der Waals surface area contributed by atoms with Crippen LogP contribution in [0.4, 0.5) is 0 Å². The van der Waals surface area contributed by atoms with Gasteiger partial charge in [0.15, 0.2) is 0 Å². The molecule has 5 nitrogen and oxygen atoms in total. The van der Waals surface area contributed by atoms with Gasteiger partial charge in [-0.05, 0) is 24.6 Å². The summed E-state index contributed by atoms with van der Waals surface area (Å²) in [6.45, 7) is 1.18. The summed E-state index contributed by atoms with van der Waals surface area (Å²) in [7, 11) is 0. The number of hydrogen-bond acceptors (Lipinski definition) is 3. The first-order chi connectivity index (χ1) is 9.54. The monoisotopic (exact) mass is 335 g/mol. The summed E-state index contributed by atoms with van der Waals surface area (Å²) in [6, 6.07) is 6.85. The fourth-order valence-corrected chi connectivity index (χ4v) is 2.91. The molecular formula is C14H14BrN3O2. The van der Waals surface area contributed by atoms with Gasteiger partial charge >= 0.3 is 0 Å². The number of amides is 1. The van der Waals surface area contributed by atoms with Crippen LogP contribution in [0.1, 0.15) is 16.8 Å². The van der Waals surface area contributed by atoms with Gasteiger partial charge in [-0.3, -0.25) is 9.59 Å². The molecule has 20 heavy (non-hydrogen) atoms. The molecule has 0 bridgehead atoms. The number of pyridine rings is 1. The minimum atomic E-state index is -0.272. The highest BCUT2D eigenvalue weighted by molar-refractivity contribution is 9.10. The van der Waals surface area contributed by atoms with Gasteiger partial charge in [0.05, 0.1) is 5.56 Å². The molecule has 1 unspecified atom stereocenters. The number of likely N-dealkylation sites (tertiary alicyclic amines) is 1. The van der Waals surface area contributed by atoms with E-state index in [0.717, 1.165) is 16.3 Å². The second-order valence-corrected chi connectivity index (χ2v) is 5.95. The summed E-state index contributed by atoms with van der Waals surface area (Å²) in [5, 5.41) is 0.740. The number of aromatic nitrogens is 1. The van der Waals surface area contributed by atoms with Gasteiger partial charge in [0.2, 0.25) is 5.56 Å². The van der Waals surface area contributed by atoms with E-state index in [1.165, 1.54) is 6.07 Å². The molecule has 104 valence electrons. The van der Waals surface area contributed by atoms with Crippen molar-refractivity contribution in [2.45, 2.75) is 12.5 Å². The summed E-state index contributed by atoms with van der Waals surface area (Å²) in [5.41, 5.74) is 6.66. The van der Waals surface area contributed by atoms with E-state index in [-0.39, 0.29) is 17.5 Å². The Morgan fingerprint density at radius 2 is 2.20 bits per heavy atom. The average Bonchev–Trinajstić information content (AvgIpc) is 2.84. The summed E-state index contributed by atoms with van der Waals surface area (Å²) in [5.74, 6) is -0.132. The SMILES string of the molecule is NC1CCN(C(=O)c2cc(=O)[nH]c3ccc(Br)cc23)C1. The predicted molar refractivity (Wildman–Crippen MR) is 80.8 cm³/mol. The van der Waals surface area contributed by atoms with Gasteiger partial charge in [-0.25, -0.2) is 0 Å². The Morgan fingerprint density at radius 3 is 2.90 bits per heavy atom. The minimum absolute atomic E-state index is 0.0268. The van der Waals surface area contributed by atoms with E-state index >= 15 is 0 Å². The summed E-state index contributed by atoms with van der Waals surface area (Å²) < 4.78 is 0.865. The van der Waals surface area contributed by atoms with E-state index in [1.54, 1.807) is 11.0 Å². The molecule has 3 rings (SSSR count). The lowest BCUT2D eigenvalue weighted by Gasteiger charge is -2.17. The predicted octanol–water partition coefficient (Wildman–Crippen LogP) is 1.46. The zero-order valence-electron chi connectivity index (χ0n) is 10.7. The van der Waals surface area contributed by atoms with Crippen molar-refractivity contribution in [1.82, 2.24) is 9.88 Å². The first-order valence-corrected chi connectivity index (χ1v) is 7.21. The lowest BCUT2D eigenvalue weighted by Crippen LogP contribution is -2.32. The van der Waals surface area contributed by atoms with E-state index < -0.39 is 0 Å². The molecule has 1 aromatic carbocycles. The van der Waals surface area contributed by atoms with Crippen molar-refractivity contribution in [2.24, 2.45) is 5.73 Å². The van der Waals surface area contributed by atoms with Gasteiger partial charge in [0.25, 0.3) is 5.91 Å². The Morgan fingerprint density at radius 1 is 1.40 bits per heavy atom. The van der Waals surface area contributed by atoms with Crippen LogP contribution in [0, 0.1) is 0 Å². The molecule has 0 spiro atoms. The molecule has 1 atom stereocenters. The summed E-state index contributed by atoms with van der Waals surface area (Å²) in [4.78, 5) is 28.7. The van der Waals surface area contributed by atoms with E-state index in [0.29, 0.717) is 24.2 Å². The number of hydrogen-bond donors (Lipinski definition) is 2. The molecule has 3 N–H and O–H groups in total. The van der Waals surface area contributed by atoms with Crippen molar-refractivity contribution >= 4 is 32.7 Å². The lowest BCUT2D eigenvalue weighted by atomic mass is 10.1. The van der Waals surface area contributed by atoms with Crippen molar-refractivity contribution in [3.8, 4) is 0 Å². The number of rotatable bonds is 1. The maximum atomic E-state index is 12.6. The molecule has 1 aromatic heterocycles. The molecule has 2 aromatic rings. The van der Waals surface area contributed by atoms with Crippen molar-refractivity contribution in [3.63, 3.8) is 0 Å². The standard InChI is InChI=1S/C14H14BrN3O2/c15-8-1-2-12-10(5-8)11(6-13(19)17-12)14(20)18-4-3-9(16)7-18/h1-2,5-6,9H,3-4,7,16H2,(H,17,19). The van der Waals surface area contributed by atoms with Crippen LogP contribution in [0.5, 0.6) is 0 Å². The quantitative estimate of drug-likeness (QED) is 0.828. The number of carbonyl (C=O) groups excluding carboxylic acids is 1. The number of nitrogens with one attached hydrogen (secondary N) is 1. The second kappa shape index (κ2) is 5.03. The molecule has 0 radical (unpaired) electrons. The molecule has 1 aliphatic heterocycles. The van der Waals surface area contributed by atoms with E-state index in [9.17, 15) is 9.59 Å². The normalized spacial score (nSPS) is 18.7. The topological polar surface area (TPSA) is 79.2 Å². The second-order valence-electron chi connectivity index (χ2n) is 5.04. The molecule has 0 aliphatic carbocycles. The highest BCUT2D eigenvalue weighted by Gasteiger charge is 2.26. The van der Waals surface area contributed by atoms with Crippen molar-refractivity contribution in [2.75, 3.05) is 13.1 Å². The first-order valence-electron chi connectivity index (χ1n) is 6.42. The van der Waals surface area contributed by atoms with Crippen molar-refractivity contribution < 1.29 is 4.79 Å². The lowest BCUT2D eigenvalue weighted by molar-refractivity contribution is 0.0792. The molecule has 2 heterocycles. The highest BCUT2D eigenvalue weighted by atomic mass is 79.9. The zero-order valence-corrected chi connectivity index (χ0v) is 12.3. The number of benzene rings is 1. The number of halogens is 1. The molecule has 1 amide bonds. The van der Waals surface area contributed by atoms with Crippen LogP contribution >= 0.6 is 15.9 Å². The Kier molecular flexibility index (Phi) is 3.35. The number of nitrogens with zero attached hydrogens (tertiary/aromatic N) is 1. The Bertz CT molecular complexity index is 741. The van der Waals surface area contributed by atoms with Gasteiger partial charge in [0.1, 0.15) is 0 Å². The number of carbonyl (C=O) groups is 1. The van der Waals surface area contributed by atoms with Crippen LogP contribution in [-0.2, 0) is 0 Å². The maximum Gasteiger partial charge on any atom is 0.254 e. The molecule has 1 saturated heterocycles. The fraction of sp³-hybridized carbons (Fsp3) is 0.286. The van der Waals surface area contributed by atoms with Crippen LogP contribution < -0.4 is 11.3 Å². The van der Waals surface area contributed by atoms with Crippen LogP contribution in [-0.4, -0.2) is 34.9 Å². The largest absolute Gasteiger partial charge is 0.337 e. The van der Waals surface area contributed by atoms with Gasteiger partial charge in [-0.15, -0.1) is 0 Å². The van der Waals surface area contributed by atoms with E-state index in [4.69, 9.17) is 5.73 Å².